The number of benzene rings is 1. The van der Waals surface area contributed by atoms with Crippen LogP contribution in [-0.4, -0.2) is 17.6 Å². The van der Waals surface area contributed by atoms with Gasteiger partial charge in [0.25, 0.3) is 0 Å². The Balaban J connectivity index is 1.79. The quantitative estimate of drug-likeness (QED) is 0.812. The molecule has 1 fully saturated rings. The maximum Gasteiger partial charge on any atom is 0.306 e. The number of carboxylic acids is 1. The van der Waals surface area contributed by atoms with Gasteiger partial charge >= 0.3 is 5.97 Å². The minimum atomic E-state index is -0.658. The number of carbonyl (C=O) groups is 1. The Kier molecular flexibility index (Phi) is 3.90. The van der Waals surface area contributed by atoms with E-state index in [9.17, 15) is 4.79 Å². The molecule has 0 spiro atoms. The zero-order valence-electron chi connectivity index (χ0n) is 11.0. The van der Waals surface area contributed by atoms with Gasteiger partial charge in [0, 0.05) is 12.2 Å². The summed E-state index contributed by atoms with van der Waals surface area (Å²) in [5.41, 5.74) is 2.43. The highest BCUT2D eigenvalue weighted by Crippen LogP contribution is 2.38. The third kappa shape index (κ3) is 3.49. The number of carboxylic acid groups (broad SMARTS) is 1. The van der Waals surface area contributed by atoms with Gasteiger partial charge in [-0.05, 0) is 42.4 Å². The molecule has 18 heavy (non-hydrogen) atoms. The Labute approximate surface area is 108 Å². The fourth-order valence-electron chi connectivity index (χ4n) is 2.25. The van der Waals surface area contributed by atoms with E-state index in [0.29, 0.717) is 11.8 Å². The molecule has 1 saturated carbocycles. The highest BCUT2D eigenvalue weighted by atomic mass is 16.4. The van der Waals surface area contributed by atoms with E-state index in [1.165, 1.54) is 5.56 Å². The van der Waals surface area contributed by atoms with Crippen LogP contribution < -0.4 is 5.32 Å². The number of rotatable bonds is 6. The first-order valence-corrected chi connectivity index (χ1v) is 6.62. The SMILES string of the molecule is CC(C)Cc1ccc(NCC2CC2C(=O)O)cc1. The molecule has 2 N–H and O–H groups in total. The van der Waals surface area contributed by atoms with Gasteiger partial charge in [-0.25, -0.2) is 0 Å². The first kappa shape index (κ1) is 12.9. The van der Waals surface area contributed by atoms with Crippen molar-refractivity contribution >= 4 is 11.7 Å². The van der Waals surface area contributed by atoms with Gasteiger partial charge in [-0.2, -0.15) is 0 Å². The summed E-state index contributed by atoms with van der Waals surface area (Å²) in [4.78, 5) is 10.7. The second-order valence-corrected chi connectivity index (χ2v) is 5.62. The minimum Gasteiger partial charge on any atom is -0.481 e. The van der Waals surface area contributed by atoms with E-state index >= 15 is 0 Å². The Morgan fingerprint density at radius 3 is 2.56 bits per heavy atom. The molecule has 3 nitrogen and oxygen atoms in total. The van der Waals surface area contributed by atoms with Gasteiger partial charge in [-0.3, -0.25) is 4.79 Å². The zero-order chi connectivity index (χ0) is 13.1. The summed E-state index contributed by atoms with van der Waals surface area (Å²) in [5.74, 6) is 0.191. The summed E-state index contributed by atoms with van der Waals surface area (Å²) < 4.78 is 0. The number of nitrogens with one attached hydrogen (secondary N) is 1. The zero-order valence-corrected chi connectivity index (χ0v) is 11.0. The third-order valence-corrected chi connectivity index (χ3v) is 3.41. The Hall–Kier alpha value is -1.51. The van der Waals surface area contributed by atoms with E-state index in [1.807, 2.05) is 0 Å². The number of hydrogen-bond acceptors (Lipinski definition) is 2. The lowest BCUT2D eigenvalue weighted by molar-refractivity contribution is -0.138. The molecule has 0 heterocycles. The van der Waals surface area contributed by atoms with Crippen molar-refractivity contribution in [2.45, 2.75) is 26.7 Å². The van der Waals surface area contributed by atoms with Gasteiger partial charge < -0.3 is 10.4 Å². The lowest BCUT2D eigenvalue weighted by Gasteiger charge is -2.08. The van der Waals surface area contributed by atoms with E-state index in [-0.39, 0.29) is 5.92 Å². The predicted molar refractivity (Wildman–Crippen MR) is 72.7 cm³/mol. The molecule has 1 aliphatic rings. The van der Waals surface area contributed by atoms with Crippen molar-refractivity contribution in [2.24, 2.45) is 17.8 Å². The van der Waals surface area contributed by atoms with Crippen molar-refractivity contribution < 1.29 is 9.90 Å². The molecule has 0 aliphatic heterocycles. The molecular weight excluding hydrogens is 226 g/mol. The molecule has 98 valence electrons. The number of hydrogen-bond donors (Lipinski definition) is 2. The summed E-state index contributed by atoms with van der Waals surface area (Å²) in [6, 6.07) is 8.44. The molecule has 2 unspecified atom stereocenters. The molecule has 1 aliphatic carbocycles. The molecule has 0 radical (unpaired) electrons. The van der Waals surface area contributed by atoms with E-state index in [1.54, 1.807) is 0 Å². The van der Waals surface area contributed by atoms with Crippen LogP contribution in [0.1, 0.15) is 25.8 Å². The van der Waals surface area contributed by atoms with Crippen molar-refractivity contribution in [1.82, 2.24) is 0 Å². The maximum atomic E-state index is 10.7. The van der Waals surface area contributed by atoms with Gasteiger partial charge in [0.2, 0.25) is 0 Å². The lowest BCUT2D eigenvalue weighted by Crippen LogP contribution is -2.08. The molecule has 2 rings (SSSR count). The molecule has 0 aromatic heterocycles. The molecule has 0 amide bonds. The monoisotopic (exact) mass is 247 g/mol. The van der Waals surface area contributed by atoms with E-state index in [2.05, 4.69) is 43.4 Å². The van der Waals surface area contributed by atoms with E-state index < -0.39 is 5.97 Å². The van der Waals surface area contributed by atoms with Crippen LogP contribution in [0, 0.1) is 17.8 Å². The third-order valence-electron chi connectivity index (χ3n) is 3.41. The average Bonchev–Trinajstić information content (AvgIpc) is 3.07. The van der Waals surface area contributed by atoms with Gasteiger partial charge in [0.05, 0.1) is 5.92 Å². The minimum absolute atomic E-state index is 0.127. The van der Waals surface area contributed by atoms with Crippen LogP contribution in [0.25, 0.3) is 0 Å². The van der Waals surface area contributed by atoms with E-state index in [4.69, 9.17) is 5.11 Å². The van der Waals surface area contributed by atoms with Crippen LogP contribution >= 0.6 is 0 Å². The van der Waals surface area contributed by atoms with Crippen molar-refractivity contribution in [3.8, 4) is 0 Å². The molecule has 0 saturated heterocycles. The topological polar surface area (TPSA) is 49.3 Å². The van der Waals surface area contributed by atoms with Crippen LogP contribution in [-0.2, 0) is 11.2 Å². The largest absolute Gasteiger partial charge is 0.481 e. The molecule has 1 aromatic rings. The predicted octanol–water partition coefficient (Wildman–Crippen LogP) is 3.02. The summed E-state index contributed by atoms with van der Waals surface area (Å²) in [5, 5.41) is 12.1. The number of anilines is 1. The van der Waals surface area contributed by atoms with Gasteiger partial charge in [0.1, 0.15) is 0 Å². The molecule has 0 bridgehead atoms. The van der Waals surface area contributed by atoms with Crippen LogP contribution in [0.2, 0.25) is 0 Å². The van der Waals surface area contributed by atoms with Crippen molar-refractivity contribution in [3.05, 3.63) is 29.8 Å². The second kappa shape index (κ2) is 5.42. The molecule has 1 aromatic carbocycles. The van der Waals surface area contributed by atoms with Crippen LogP contribution in [0.3, 0.4) is 0 Å². The Bertz CT molecular complexity index is 411. The summed E-state index contributed by atoms with van der Waals surface area (Å²) in [7, 11) is 0. The van der Waals surface area contributed by atoms with Crippen LogP contribution in [0.15, 0.2) is 24.3 Å². The number of aliphatic carboxylic acids is 1. The van der Waals surface area contributed by atoms with Gasteiger partial charge in [-0.15, -0.1) is 0 Å². The second-order valence-electron chi connectivity index (χ2n) is 5.62. The summed E-state index contributed by atoms with van der Waals surface area (Å²) in [6.07, 6.45) is 1.91. The van der Waals surface area contributed by atoms with Crippen molar-refractivity contribution in [3.63, 3.8) is 0 Å². The van der Waals surface area contributed by atoms with Gasteiger partial charge in [-0.1, -0.05) is 26.0 Å². The first-order chi connectivity index (χ1) is 8.56. The Morgan fingerprint density at radius 2 is 2.06 bits per heavy atom. The standard InChI is InChI=1S/C15H21NO2/c1-10(2)7-11-3-5-13(6-4-11)16-9-12-8-14(12)15(17)18/h3-6,10,12,14,16H,7-9H2,1-2H3,(H,17,18). The highest BCUT2D eigenvalue weighted by molar-refractivity contribution is 5.73. The summed E-state index contributed by atoms with van der Waals surface area (Å²) in [6.45, 7) is 5.19. The highest BCUT2D eigenvalue weighted by Gasteiger charge is 2.42. The maximum absolute atomic E-state index is 10.7. The fourth-order valence-corrected chi connectivity index (χ4v) is 2.25. The molecule has 3 heteroatoms. The fraction of sp³-hybridized carbons (Fsp3) is 0.533. The molecule has 2 atom stereocenters. The van der Waals surface area contributed by atoms with Crippen LogP contribution in [0.5, 0.6) is 0 Å². The van der Waals surface area contributed by atoms with Crippen molar-refractivity contribution in [1.29, 1.82) is 0 Å². The Morgan fingerprint density at radius 1 is 1.39 bits per heavy atom. The van der Waals surface area contributed by atoms with E-state index in [0.717, 1.165) is 25.1 Å². The van der Waals surface area contributed by atoms with Crippen molar-refractivity contribution in [2.75, 3.05) is 11.9 Å². The van der Waals surface area contributed by atoms with Crippen LogP contribution in [0.4, 0.5) is 5.69 Å². The average molecular weight is 247 g/mol. The summed E-state index contributed by atoms with van der Waals surface area (Å²) >= 11 is 0. The molecular formula is C15H21NO2. The lowest BCUT2D eigenvalue weighted by atomic mass is 10.0. The van der Waals surface area contributed by atoms with Gasteiger partial charge in [0.15, 0.2) is 0 Å². The smallest absolute Gasteiger partial charge is 0.306 e. The normalized spacial score (nSPS) is 21.9. The first-order valence-electron chi connectivity index (χ1n) is 6.62.